The predicted molar refractivity (Wildman–Crippen MR) is 71.7 cm³/mol. The molecule has 1 saturated carbocycles. The van der Waals surface area contributed by atoms with Crippen molar-refractivity contribution in [3.8, 4) is 0 Å². The fraction of sp³-hybridized carbons (Fsp3) is 0.438. The second kappa shape index (κ2) is 4.60. The second-order valence-corrected chi connectivity index (χ2v) is 5.38. The van der Waals surface area contributed by atoms with Gasteiger partial charge < -0.3 is 5.11 Å². The molecule has 1 aromatic carbocycles. The van der Waals surface area contributed by atoms with Gasteiger partial charge in [0.25, 0.3) is 0 Å². The molecule has 1 aromatic rings. The summed E-state index contributed by atoms with van der Waals surface area (Å²) < 4.78 is 0. The third kappa shape index (κ3) is 1.96. The lowest BCUT2D eigenvalue weighted by Gasteiger charge is -2.23. The molecule has 0 radical (unpaired) electrons. The molecule has 94 valence electrons. The van der Waals surface area contributed by atoms with Crippen molar-refractivity contribution in [2.45, 2.75) is 38.5 Å². The topological polar surface area (TPSA) is 37.3 Å². The third-order valence-electron chi connectivity index (χ3n) is 4.25. The summed E-state index contributed by atoms with van der Waals surface area (Å²) in [5.41, 5.74) is 4.37. The van der Waals surface area contributed by atoms with Crippen molar-refractivity contribution < 1.29 is 9.90 Å². The lowest BCUT2D eigenvalue weighted by Crippen LogP contribution is -2.08. The van der Waals surface area contributed by atoms with E-state index in [2.05, 4.69) is 6.08 Å². The lowest BCUT2D eigenvalue weighted by atomic mass is 9.81. The van der Waals surface area contributed by atoms with Gasteiger partial charge in [-0.2, -0.15) is 0 Å². The van der Waals surface area contributed by atoms with Crippen LogP contribution in [0.1, 0.15) is 53.6 Å². The molecule has 18 heavy (non-hydrogen) atoms. The molecule has 1 N–H and O–H groups in total. The maximum absolute atomic E-state index is 11.0. The minimum absolute atomic E-state index is 0.409. The standard InChI is InChI=1S/C16H18O2/c17-16(18)13-7-9-15-12(10-13)6-8-14(15)11-4-2-1-3-5-11/h7-11H,1-6H2,(H,17,18). The van der Waals surface area contributed by atoms with Crippen molar-refractivity contribution in [1.82, 2.24) is 0 Å². The molecule has 2 nitrogen and oxygen atoms in total. The molecule has 0 unspecified atom stereocenters. The Labute approximate surface area is 107 Å². The van der Waals surface area contributed by atoms with Crippen LogP contribution < -0.4 is 0 Å². The minimum atomic E-state index is -0.830. The highest BCUT2D eigenvalue weighted by Crippen LogP contribution is 2.40. The van der Waals surface area contributed by atoms with Gasteiger partial charge in [-0.1, -0.05) is 31.4 Å². The summed E-state index contributed by atoms with van der Waals surface area (Å²) in [5, 5.41) is 9.01. The first-order valence-corrected chi connectivity index (χ1v) is 6.82. The molecule has 2 aliphatic carbocycles. The van der Waals surface area contributed by atoms with Gasteiger partial charge in [-0.15, -0.1) is 0 Å². The quantitative estimate of drug-likeness (QED) is 0.853. The van der Waals surface area contributed by atoms with E-state index in [0.29, 0.717) is 11.5 Å². The third-order valence-corrected chi connectivity index (χ3v) is 4.25. The van der Waals surface area contributed by atoms with Crippen LogP contribution in [0.4, 0.5) is 0 Å². The van der Waals surface area contributed by atoms with Gasteiger partial charge in [0.15, 0.2) is 0 Å². The van der Waals surface area contributed by atoms with Gasteiger partial charge in [0.2, 0.25) is 0 Å². The van der Waals surface area contributed by atoms with Crippen molar-refractivity contribution in [3.05, 3.63) is 41.0 Å². The maximum atomic E-state index is 11.0. The zero-order valence-corrected chi connectivity index (χ0v) is 10.5. The molecule has 0 heterocycles. The van der Waals surface area contributed by atoms with E-state index in [9.17, 15) is 4.79 Å². The van der Waals surface area contributed by atoms with Crippen LogP contribution in [0.3, 0.4) is 0 Å². The molecule has 2 aliphatic rings. The van der Waals surface area contributed by atoms with Crippen molar-refractivity contribution >= 4 is 11.5 Å². The van der Waals surface area contributed by atoms with Gasteiger partial charge in [-0.05, 0) is 54.0 Å². The molecule has 1 fully saturated rings. The first-order chi connectivity index (χ1) is 8.75. The van der Waals surface area contributed by atoms with Crippen LogP contribution in [0.5, 0.6) is 0 Å². The van der Waals surface area contributed by atoms with Gasteiger partial charge in [-0.3, -0.25) is 0 Å². The number of hydrogen-bond donors (Lipinski definition) is 1. The number of carbonyl (C=O) groups is 1. The summed E-state index contributed by atoms with van der Waals surface area (Å²) in [6.07, 6.45) is 9.86. The Balaban J connectivity index is 1.88. The molecule has 0 atom stereocenters. The number of allylic oxidation sites excluding steroid dienone is 2. The summed E-state index contributed by atoms with van der Waals surface area (Å²) in [6, 6.07) is 5.58. The normalized spacial score (nSPS) is 19.4. The molecular formula is C16H18O2. The molecular weight excluding hydrogens is 224 g/mol. The van der Waals surface area contributed by atoms with Gasteiger partial charge in [0, 0.05) is 0 Å². The molecule has 2 heteroatoms. The predicted octanol–water partition coefficient (Wildman–Crippen LogP) is 3.90. The Kier molecular flexibility index (Phi) is 2.94. The zero-order valence-electron chi connectivity index (χ0n) is 10.5. The number of hydrogen-bond acceptors (Lipinski definition) is 1. The van der Waals surface area contributed by atoms with E-state index in [1.807, 2.05) is 12.1 Å². The molecule has 0 spiro atoms. The van der Waals surface area contributed by atoms with Crippen molar-refractivity contribution in [3.63, 3.8) is 0 Å². The van der Waals surface area contributed by atoms with E-state index < -0.39 is 5.97 Å². The van der Waals surface area contributed by atoms with E-state index in [0.717, 1.165) is 6.42 Å². The zero-order chi connectivity index (χ0) is 12.5. The summed E-state index contributed by atoms with van der Waals surface area (Å²) >= 11 is 0. The van der Waals surface area contributed by atoms with E-state index in [1.54, 1.807) is 6.07 Å². The highest BCUT2D eigenvalue weighted by molar-refractivity contribution is 5.89. The lowest BCUT2D eigenvalue weighted by molar-refractivity contribution is 0.0697. The maximum Gasteiger partial charge on any atom is 0.335 e. The Morgan fingerprint density at radius 1 is 1.17 bits per heavy atom. The van der Waals surface area contributed by atoms with Crippen LogP contribution >= 0.6 is 0 Å². The average molecular weight is 242 g/mol. The molecule has 0 saturated heterocycles. The van der Waals surface area contributed by atoms with Gasteiger partial charge in [0.1, 0.15) is 0 Å². The SMILES string of the molecule is O=C(O)c1ccc2c(c1)CC=C2C1CCCCC1. The molecule has 0 amide bonds. The summed E-state index contributed by atoms with van der Waals surface area (Å²) in [6.45, 7) is 0. The van der Waals surface area contributed by atoms with Crippen molar-refractivity contribution in [1.29, 1.82) is 0 Å². The highest BCUT2D eigenvalue weighted by Gasteiger charge is 2.24. The summed E-state index contributed by atoms with van der Waals surface area (Å²) in [5.74, 6) is -0.125. The van der Waals surface area contributed by atoms with Gasteiger partial charge in [0.05, 0.1) is 5.56 Å². The van der Waals surface area contributed by atoms with E-state index >= 15 is 0 Å². The smallest absolute Gasteiger partial charge is 0.335 e. The fourth-order valence-corrected chi connectivity index (χ4v) is 3.31. The molecule has 0 bridgehead atoms. The van der Waals surface area contributed by atoms with Crippen LogP contribution in [0, 0.1) is 5.92 Å². The Hall–Kier alpha value is -1.57. The van der Waals surface area contributed by atoms with Crippen molar-refractivity contribution in [2.75, 3.05) is 0 Å². The van der Waals surface area contributed by atoms with Crippen LogP contribution in [0.2, 0.25) is 0 Å². The Morgan fingerprint density at radius 2 is 1.94 bits per heavy atom. The van der Waals surface area contributed by atoms with E-state index in [-0.39, 0.29) is 0 Å². The van der Waals surface area contributed by atoms with Gasteiger partial charge >= 0.3 is 5.97 Å². The number of benzene rings is 1. The Morgan fingerprint density at radius 3 is 2.67 bits per heavy atom. The summed E-state index contributed by atoms with van der Waals surface area (Å²) in [7, 11) is 0. The number of aromatic carboxylic acids is 1. The number of rotatable bonds is 2. The number of carboxylic acid groups (broad SMARTS) is 1. The van der Waals surface area contributed by atoms with E-state index in [1.165, 1.54) is 48.8 Å². The average Bonchev–Trinajstić information content (AvgIpc) is 2.82. The van der Waals surface area contributed by atoms with E-state index in [4.69, 9.17) is 5.11 Å². The largest absolute Gasteiger partial charge is 0.478 e. The fourth-order valence-electron chi connectivity index (χ4n) is 3.31. The van der Waals surface area contributed by atoms with Crippen LogP contribution in [0.25, 0.3) is 5.57 Å². The number of carboxylic acids is 1. The molecule has 0 aromatic heterocycles. The number of fused-ring (bicyclic) bond motifs is 1. The van der Waals surface area contributed by atoms with Crippen molar-refractivity contribution in [2.24, 2.45) is 5.92 Å². The van der Waals surface area contributed by atoms with Crippen LogP contribution in [-0.2, 0) is 6.42 Å². The first kappa shape index (κ1) is 11.5. The second-order valence-electron chi connectivity index (χ2n) is 5.38. The molecule has 3 rings (SSSR count). The van der Waals surface area contributed by atoms with Crippen LogP contribution in [-0.4, -0.2) is 11.1 Å². The van der Waals surface area contributed by atoms with Gasteiger partial charge in [-0.25, -0.2) is 4.79 Å². The van der Waals surface area contributed by atoms with Crippen LogP contribution in [0.15, 0.2) is 24.3 Å². The highest BCUT2D eigenvalue weighted by atomic mass is 16.4. The Bertz CT molecular complexity index is 508. The molecule has 0 aliphatic heterocycles. The minimum Gasteiger partial charge on any atom is -0.478 e. The first-order valence-electron chi connectivity index (χ1n) is 6.82. The summed E-state index contributed by atoms with van der Waals surface area (Å²) in [4.78, 5) is 11.0. The monoisotopic (exact) mass is 242 g/mol.